The van der Waals surface area contributed by atoms with Gasteiger partial charge in [0.2, 0.25) is 0 Å². The van der Waals surface area contributed by atoms with Gasteiger partial charge >= 0.3 is 0 Å². The fourth-order valence-corrected chi connectivity index (χ4v) is 1.23. The molecule has 0 spiro atoms. The smallest absolute Gasteiger partial charge is 0.126 e. The third-order valence-electron chi connectivity index (χ3n) is 2.76. The Labute approximate surface area is 136 Å². The second kappa shape index (κ2) is 16.9. The van der Waals surface area contributed by atoms with Gasteiger partial charge in [0.25, 0.3) is 0 Å². The summed E-state index contributed by atoms with van der Waals surface area (Å²) in [4.78, 5) is 9.44. The predicted molar refractivity (Wildman–Crippen MR) is 89.3 cm³/mol. The Kier molecular flexibility index (Phi) is 18.2. The number of rotatable bonds is 12. The largest absolute Gasteiger partial charge is 0.382 e. The van der Waals surface area contributed by atoms with Crippen LogP contribution in [-0.2, 0) is 23.7 Å². The maximum atomic E-state index is 9.44. The molecule has 3 atom stereocenters. The van der Waals surface area contributed by atoms with Crippen LogP contribution in [0.5, 0.6) is 0 Å². The second-order valence-corrected chi connectivity index (χ2v) is 5.78. The van der Waals surface area contributed by atoms with Gasteiger partial charge in [-0.25, -0.2) is 0 Å². The lowest BCUT2D eigenvalue weighted by Crippen LogP contribution is -2.25. The highest BCUT2D eigenvalue weighted by Crippen LogP contribution is 2.04. The molecule has 0 aromatic heterocycles. The maximum Gasteiger partial charge on any atom is 0.126 e. The number of methoxy groups -OCH3 is 1. The summed E-state index contributed by atoms with van der Waals surface area (Å²) in [7, 11) is 1.67. The first-order chi connectivity index (χ1) is 10.3. The lowest BCUT2D eigenvalue weighted by atomic mass is 10.1. The van der Waals surface area contributed by atoms with Crippen molar-refractivity contribution in [3.63, 3.8) is 0 Å². The number of ketones is 1. The first-order valence-electron chi connectivity index (χ1n) is 8.10. The molecule has 0 bridgehead atoms. The standard InChI is InChI=1S/C14H30O4.C3H6O/c1-6-12(2)9-17-14(4)11-18-13(3)10-16-8-7-15-5;1-3(2)4/h12-14H,6-11H2,1-5H3;1-2H3. The maximum absolute atomic E-state index is 9.44. The SMILES string of the molecule is CC(C)=O.CCC(C)COC(C)COC(C)COCCOC. The Bertz CT molecular complexity index is 241. The third kappa shape index (κ3) is 21.8. The molecule has 22 heavy (non-hydrogen) atoms. The highest BCUT2D eigenvalue weighted by Gasteiger charge is 2.08. The summed E-state index contributed by atoms with van der Waals surface area (Å²) in [5.74, 6) is 0.780. The molecule has 0 aliphatic carbocycles. The van der Waals surface area contributed by atoms with Gasteiger partial charge in [0.05, 0.1) is 38.6 Å². The van der Waals surface area contributed by atoms with Crippen LogP contribution in [0.4, 0.5) is 0 Å². The van der Waals surface area contributed by atoms with Crippen molar-refractivity contribution in [1.82, 2.24) is 0 Å². The first-order valence-corrected chi connectivity index (χ1v) is 8.10. The molecule has 134 valence electrons. The van der Waals surface area contributed by atoms with Crippen molar-refractivity contribution < 1.29 is 23.7 Å². The summed E-state index contributed by atoms with van der Waals surface area (Å²) < 4.78 is 21.7. The minimum atomic E-state index is 0.0940. The molecular formula is C17H36O5. The summed E-state index contributed by atoms with van der Waals surface area (Å²) >= 11 is 0. The molecule has 0 amide bonds. The summed E-state index contributed by atoms with van der Waals surface area (Å²) in [6.45, 7) is 14.7. The van der Waals surface area contributed by atoms with Crippen molar-refractivity contribution in [2.45, 2.75) is 60.2 Å². The van der Waals surface area contributed by atoms with Crippen LogP contribution in [0.1, 0.15) is 48.0 Å². The van der Waals surface area contributed by atoms with E-state index in [1.807, 2.05) is 13.8 Å². The topological polar surface area (TPSA) is 54.0 Å². The second-order valence-electron chi connectivity index (χ2n) is 5.78. The fraction of sp³-hybridized carbons (Fsp3) is 0.941. The quantitative estimate of drug-likeness (QED) is 0.517. The van der Waals surface area contributed by atoms with E-state index in [4.69, 9.17) is 18.9 Å². The van der Waals surface area contributed by atoms with E-state index in [1.54, 1.807) is 7.11 Å². The van der Waals surface area contributed by atoms with E-state index < -0.39 is 0 Å². The summed E-state index contributed by atoms with van der Waals surface area (Å²) in [6.07, 6.45) is 1.38. The zero-order valence-corrected chi connectivity index (χ0v) is 15.5. The fourth-order valence-electron chi connectivity index (χ4n) is 1.23. The molecule has 0 rings (SSSR count). The van der Waals surface area contributed by atoms with E-state index in [0.717, 1.165) is 13.0 Å². The van der Waals surface area contributed by atoms with E-state index >= 15 is 0 Å². The van der Waals surface area contributed by atoms with Crippen LogP contribution in [0.15, 0.2) is 0 Å². The number of hydrogen-bond donors (Lipinski definition) is 0. The van der Waals surface area contributed by atoms with Crippen LogP contribution in [0.2, 0.25) is 0 Å². The minimum Gasteiger partial charge on any atom is -0.382 e. The monoisotopic (exact) mass is 320 g/mol. The van der Waals surface area contributed by atoms with E-state index in [-0.39, 0.29) is 18.0 Å². The third-order valence-corrected chi connectivity index (χ3v) is 2.76. The Morgan fingerprint density at radius 2 is 1.41 bits per heavy atom. The molecule has 0 N–H and O–H groups in total. The van der Waals surface area contributed by atoms with E-state index in [2.05, 4.69) is 13.8 Å². The summed E-state index contributed by atoms with van der Waals surface area (Å²) in [5, 5.41) is 0. The molecule has 5 nitrogen and oxygen atoms in total. The number of ether oxygens (including phenoxy) is 4. The van der Waals surface area contributed by atoms with Crippen molar-refractivity contribution in [3.8, 4) is 0 Å². The van der Waals surface area contributed by atoms with Crippen LogP contribution in [-0.4, -0.2) is 58.1 Å². The van der Waals surface area contributed by atoms with Crippen LogP contribution in [0.3, 0.4) is 0 Å². The van der Waals surface area contributed by atoms with Gasteiger partial charge in [-0.3, -0.25) is 0 Å². The van der Waals surface area contributed by atoms with Gasteiger partial charge < -0.3 is 23.7 Å². The molecule has 0 fully saturated rings. The number of hydrogen-bond acceptors (Lipinski definition) is 5. The number of carbonyl (C=O) groups excluding carboxylic acids is 1. The van der Waals surface area contributed by atoms with E-state index in [1.165, 1.54) is 13.8 Å². The normalized spacial score (nSPS) is 14.7. The molecule has 0 heterocycles. The average molecular weight is 320 g/mol. The lowest BCUT2D eigenvalue weighted by molar-refractivity contribution is -0.114. The number of carbonyl (C=O) groups is 1. The molecular weight excluding hydrogens is 284 g/mol. The van der Waals surface area contributed by atoms with Gasteiger partial charge in [0, 0.05) is 13.7 Å². The summed E-state index contributed by atoms with van der Waals surface area (Å²) in [6, 6.07) is 0. The molecule has 0 aromatic carbocycles. The van der Waals surface area contributed by atoms with Crippen LogP contribution < -0.4 is 0 Å². The van der Waals surface area contributed by atoms with Gasteiger partial charge in [-0.1, -0.05) is 20.3 Å². The zero-order valence-electron chi connectivity index (χ0n) is 15.5. The Morgan fingerprint density at radius 1 is 0.909 bits per heavy atom. The van der Waals surface area contributed by atoms with Crippen molar-refractivity contribution in [1.29, 1.82) is 0 Å². The molecule has 0 saturated heterocycles. The molecule has 5 heteroatoms. The van der Waals surface area contributed by atoms with Crippen molar-refractivity contribution in [2.24, 2.45) is 5.92 Å². The highest BCUT2D eigenvalue weighted by atomic mass is 16.6. The van der Waals surface area contributed by atoms with Gasteiger partial charge in [0.15, 0.2) is 0 Å². The van der Waals surface area contributed by atoms with Crippen molar-refractivity contribution in [2.75, 3.05) is 40.1 Å². The lowest BCUT2D eigenvalue weighted by Gasteiger charge is -2.19. The first kappa shape index (κ1) is 23.8. The molecule has 0 aliphatic heterocycles. The van der Waals surface area contributed by atoms with Crippen molar-refractivity contribution >= 4 is 5.78 Å². The Hall–Kier alpha value is -0.490. The van der Waals surface area contributed by atoms with Gasteiger partial charge in [0.1, 0.15) is 5.78 Å². The molecule has 0 aliphatic rings. The van der Waals surface area contributed by atoms with Gasteiger partial charge in [-0.2, -0.15) is 0 Å². The van der Waals surface area contributed by atoms with E-state index in [9.17, 15) is 4.79 Å². The highest BCUT2D eigenvalue weighted by molar-refractivity contribution is 5.72. The Morgan fingerprint density at radius 3 is 1.91 bits per heavy atom. The minimum absolute atomic E-state index is 0.0940. The molecule has 3 unspecified atom stereocenters. The number of Topliss-reactive ketones (excluding diaryl/α,β-unsaturated/α-hetero) is 1. The molecule has 0 radical (unpaired) electrons. The van der Waals surface area contributed by atoms with Crippen LogP contribution in [0, 0.1) is 5.92 Å². The van der Waals surface area contributed by atoms with E-state index in [0.29, 0.717) is 32.3 Å². The summed E-state index contributed by atoms with van der Waals surface area (Å²) in [5.41, 5.74) is 0. The average Bonchev–Trinajstić information content (AvgIpc) is 2.46. The molecule has 0 aromatic rings. The Balaban J connectivity index is 0. The van der Waals surface area contributed by atoms with Crippen molar-refractivity contribution in [3.05, 3.63) is 0 Å². The predicted octanol–water partition coefficient (Wildman–Crippen LogP) is 3.10. The van der Waals surface area contributed by atoms with Gasteiger partial charge in [-0.15, -0.1) is 0 Å². The van der Waals surface area contributed by atoms with Gasteiger partial charge in [-0.05, 0) is 33.6 Å². The molecule has 0 saturated carbocycles. The van der Waals surface area contributed by atoms with Crippen LogP contribution >= 0.6 is 0 Å². The van der Waals surface area contributed by atoms with Crippen LogP contribution in [0.25, 0.3) is 0 Å². The zero-order chi connectivity index (χ0) is 17.4.